The van der Waals surface area contributed by atoms with Gasteiger partial charge in [-0.3, -0.25) is 0 Å². The van der Waals surface area contributed by atoms with Crippen molar-refractivity contribution in [3.05, 3.63) is 29.3 Å². The van der Waals surface area contributed by atoms with Gasteiger partial charge in [-0.25, -0.2) is 4.79 Å². The molecule has 1 aromatic rings. The molecule has 21 heavy (non-hydrogen) atoms. The van der Waals surface area contributed by atoms with Gasteiger partial charge in [0.1, 0.15) is 6.10 Å². The second kappa shape index (κ2) is 7.28. The minimum absolute atomic E-state index is 0.0146. The monoisotopic (exact) mass is 293 g/mol. The number of aromatic hydroxyl groups is 1. The zero-order valence-electron chi connectivity index (χ0n) is 11.2. The number of aliphatic hydroxyl groups excluding tert-OH is 2. The lowest BCUT2D eigenvalue weighted by Gasteiger charge is -2.19. The first-order chi connectivity index (χ1) is 9.90. The molecule has 0 aliphatic carbocycles. The van der Waals surface area contributed by atoms with Crippen molar-refractivity contribution < 1.29 is 30.0 Å². The van der Waals surface area contributed by atoms with Crippen molar-refractivity contribution in [1.82, 2.24) is 0 Å². The first-order valence-corrected chi connectivity index (χ1v) is 5.95. The third-order valence-electron chi connectivity index (χ3n) is 2.75. The van der Waals surface area contributed by atoms with Gasteiger partial charge in [-0.1, -0.05) is 0 Å². The van der Waals surface area contributed by atoms with Crippen LogP contribution < -0.4 is 4.74 Å². The van der Waals surface area contributed by atoms with E-state index in [-0.39, 0.29) is 23.5 Å². The Balaban J connectivity index is 3.27. The molecule has 112 valence electrons. The van der Waals surface area contributed by atoms with E-state index in [1.807, 2.05) is 0 Å². The van der Waals surface area contributed by atoms with Gasteiger partial charge in [0.15, 0.2) is 11.5 Å². The Morgan fingerprint density at radius 2 is 2.14 bits per heavy atom. The molecule has 0 aromatic heterocycles. The Morgan fingerprint density at radius 1 is 1.48 bits per heavy atom. The van der Waals surface area contributed by atoms with E-state index in [2.05, 4.69) is 0 Å². The van der Waals surface area contributed by atoms with E-state index < -0.39 is 18.2 Å². The maximum absolute atomic E-state index is 10.5. The molecule has 7 heteroatoms. The SMILES string of the molecule is COc1cc(C=CC(=O)O)cc(C(O)C(O)CC#N)c1O. The lowest BCUT2D eigenvalue weighted by atomic mass is 9.98. The van der Waals surface area contributed by atoms with Crippen molar-refractivity contribution in [3.8, 4) is 17.6 Å². The fourth-order valence-electron chi connectivity index (χ4n) is 1.71. The summed E-state index contributed by atoms with van der Waals surface area (Å²) >= 11 is 0. The van der Waals surface area contributed by atoms with Crippen LogP contribution in [0.25, 0.3) is 6.08 Å². The van der Waals surface area contributed by atoms with Crippen LogP contribution in [0.15, 0.2) is 18.2 Å². The average Bonchev–Trinajstić information content (AvgIpc) is 2.45. The van der Waals surface area contributed by atoms with E-state index in [1.165, 1.54) is 25.3 Å². The predicted octanol–water partition coefficient (Wildman–Crippen LogP) is 0.807. The summed E-state index contributed by atoms with van der Waals surface area (Å²) in [5.41, 5.74) is 0.299. The zero-order chi connectivity index (χ0) is 16.0. The molecule has 0 saturated heterocycles. The van der Waals surface area contributed by atoms with Crippen LogP contribution in [-0.4, -0.2) is 39.6 Å². The number of hydrogen-bond donors (Lipinski definition) is 4. The van der Waals surface area contributed by atoms with Crippen LogP contribution in [0.4, 0.5) is 0 Å². The fourth-order valence-corrected chi connectivity index (χ4v) is 1.71. The van der Waals surface area contributed by atoms with E-state index in [1.54, 1.807) is 6.07 Å². The molecule has 1 rings (SSSR count). The summed E-state index contributed by atoms with van der Waals surface area (Å²) in [6.07, 6.45) is -1.08. The predicted molar refractivity (Wildman–Crippen MR) is 72.5 cm³/mol. The number of carbonyl (C=O) groups is 1. The van der Waals surface area contributed by atoms with Crippen molar-refractivity contribution in [1.29, 1.82) is 5.26 Å². The number of phenols is 1. The summed E-state index contributed by atoms with van der Waals surface area (Å²) in [7, 11) is 1.29. The minimum Gasteiger partial charge on any atom is -0.504 e. The highest BCUT2D eigenvalue weighted by Crippen LogP contribution is 2.37. The summed E-state index contributed by atoms with van der Waals surface area (Å²) in [6.45, 7) is 0. The summed E-state index contributed by atoms with van der Waals surface area (Å²) in [5.74, 6) is -1.52. The smallest absolute Gasteiger partial charge is 0.328 e. The summed E-state index contributed by atoms with van der Waals surface area (Å²) in [4.78, 5) is 10.5. The Hall–Kier alpha value is -2.56. The fraction of sp³-hybridized carbons (Fsp3) is 0.286. The molecule has 7 nitrogen and oxygen atoms in total. The van der Waals surface area contributed by atoms with Gasteiger partial charge >= 0.3 is 5.97 Å². The quantitative estimate of drug-likeness (QED) is 0.570. The number of hydrogen-bond acceptors (Lipinski definition) is 6. The highest BCUT2D eigenvalue weighted by atomic mass is 16.5. The van der Waals surface area contributed by atoms with Crippen LogP contribution in [0.5, 0.6) is 11.5 Å². The van der Waals surface area contributed by atoms with Crippen LogP contribution in [0.3, 0.4) is 0 Å². The first-order valence-electron chi connectivity index (χ1n) is 5.95. The van der Waals surface area contributed by atoms with E-state index >= 15 is 0 Å². The van der Waals surface area contributed by atoms with Crippen LogP contribution >= 0.6 is 0 Å². The van der Waals surface area contributed by atoms with Gasteiger partial charge in [0.05, 0.1) is 25.7 Å². The second-order valence-corrected chi connectivity index (χ2v) is 4.21. The molecule has 2 unspecified atom stereocenters. The molecule has 1 aromatic carbocycles. The summed E-state index contributed by atoms with van der Waals surface area (Å²) in [5, 5.41) is 46.7. The average molecular weight is 293 g/mol. The summed E-state index contributed by atoms with van der Waals surface area (Å²) in [6, 6.07) is 4.39. The number of rotatable bonds is 6. The maximum atomic E-state index is 10.5. The Morgan fingerprint density at radius 3 is 2.67 bits per heavy atom. The third kappa shape index (κ3) is 4.21. The number of ether oxygens (including phenoxy) is 1. The molecule has 0 bridgehead atoms. The lowest BCUT2D eigenvalue weighted by molar-refractivity contribution is -0.131. The molecule has 0 radical (unpaired) electrons. The standard InChI is InChI=1S/C14H15NO6/c1-21-11-7-8(2-3-12(17)18)6-9(14(11)20)13(19)10(16)4-5-15/h2-3,6-7,10,13,16,19-20H,4H2,1H3,(H,17,18). The maximum Gasteiger partial charge on any atom is 0.328 e. The van der Waals surface area contributed by atoms with Gasteiger partial charge in [-0.05, 0) is 23.8 Å². The number of nitrogens with zero attached hydrogens (tertiary/aromatic N) is 1. The topological polar surface area (TPSA) is 131 Å². The lowest BCUT2D eigenvalue weighted by Crippen LogP contribution is -2.17. The largest absolute Gasteiger partial charge is 0.504 e. The van der Waals surface area contributed by atoms with Gasteiger partial charge in [-0.2, -0.15) is 5.26 Å². The van der Waals surface area contributed by atoms with Gasteiger partial charge < -0.3 is 25.2 Å². The number of aliphatic hydroxyl groups is 2. The molecule has 0 fully saturated rings. The van der Waals surface area contributed by atoms with E-state index in [0.717, 1.165) is 6.08 Å². The second-order valence-electron chi connectivity index (χ2n) is 4.21. The highest BCUT2D eigenvalue weighted by Gasteiger charge is 2.23. The molecule has 0 saturated carbocycles. The van der Waals surface area contributed by atoms with Gasteiger partial charge in [0.25, 0.3) is 0 Å². The number of carboxylic acids is 1. The molecule has 0 aliphatic heterocycles. The normalized spacial score (nSPS) is 13.6. The van der Waals surface area contributed by atoms with Crippen LogP contribution in [-0.2, 0) is 4.79 Å². The molecule has 2 atom stereocenters. The van der Waals surface area contributed by atoms with Crippen LogP contribution in [0.2, 0.25) is 0 Å². The Bertz CT molecular complexity index is 590. The number of benzene rings is 1. The van der Waals surface area contributed by atoms with Gasteiger partial charge in [0, 0.05) is 11.6 Å². The van der Waals surface area contributed by atoms with Gasteiger partial charge in [0.2, 0.25) is 0 Å². The van der Waals surface area contributed by atoms with E-state index in [4.69, 9.17) is 15.1 Å². The number of carboxylic acid groups (broad SMARTS) is 1. The van der Waals surface area contributed by atoms with Crippen molar-refractivity contribution in [3.63, 3.8) is 0 Å². The van der Waals surface area contributed by atoms with Crippen molar-refractivity contribution in [2.45, 2.75) is 18.6 Å². The minimum atomic E-state index is -1.50. The summed E-state index contributed by atoms with van der Waals surface area (Å²) < 4.78 is 4.93. The first kappa shape index (κ1) is 16.5. The molecule has 0 spiro atoms. The molecule has 0 amide bonds. The van der Waals surface area contributed by atoms with Crippen LogP contribution in [0, 0.1) is 11.3 Å². The number of phenolic OH excluding ortho intramolecular Hbond substituents is 1. The highest BCUT2D eigenvalue weighted by molar-refractivity contribution is 5.85. The molecule has 0 heterocycles. The van der Waals surface area contributed by atoms with Crippen molar-refractivity contribution >= 4 is 12.0 Å². The molecule has 4 N–H and O–H groups in total. The van der Waals surface area contributed by atoms with Crippen molar-refractivity contribution in [2.24, 2.45) is 0 Å². The van der Waals surface area contributed by atoms with Crippen LogP contribution in [0.1, 0.15) is 23.7 Å². The number of nitriles is 1. The third-order valence-corrected chi connectivity index (χ3v) is 2.75. The number of aliphatic carboxylic acids is 1. The van der Waals surface area contributed by atoms with Gasteiger partial charge in [-0.15, -0.1) is 0 Å². The Kier molecular flexibility index (Phi) is 5.72. The molecular weight excluding hydrogens is 278 g/mol. The number of methoxy groups -OCH3 is 1. The van der Waals surface area contributed by atoms with E-state index in [9.17, 15) is 20.1 Å². The zero-order valence-corrected chi connectivity index (χ0v) is 11.2. The molecule has 0 aliphatic rings. The van der Waals surface area contributed by atoms with E-state index in [0.29, 0.717) is 5.56 Å². The molecular formula is C14H15NO6. The Labute approximate surface area is 121 Å². The van der Waals surface area contributed by atoms with Crippen molar-refractivity contribution in [2.75, 3.05) is 7.11 Å².